The van der Waals surface area contributed by atoms with Crippen molar-refractivity contribution in [2.75, 3.05) is 0 Å². The summed E-state index contributed by atoms with van der Waals surface area (Å²) in [7, 11) is 0. The molecule has 0 amide bonds. The van der Waals surface area contributed by atoms with Crippen LogP contribution in [0.15, 0.2) is 170 Å². The van der Waals surface area contributed by atoms with Gasteiger partial charge in [0.25, 0.3) is 0 Å². The minimum Gasteiger partial charge on any atom is -0.452 e. The van der Waals surface area contributed by atoms with Crippen molar-refractivity contribution in [2.24, 2.45) is 0 Å². The van der Waals surface area contributed by atoms with Gasteiger partial charge in [-0.3, -0.25) is 0 Å². The summed E-state index contributed by atoms with van der Waals surface area (Å²) in [5.41, 5.74) is 10.4. The van der Waals surface area contributed by atoms with Gasteiger partial charge < -0.3 is 28.9 Å². The van der Waals surface area contributed by atoms with Crippen LogP contribution in [0.1, 0.15) is 307 Å². The highest BCUT2D eigenvalue weighted by Gasteiger charge is 2.33. The van der Waals surface area contributed by atoms with E-state index in [1.807, 2.05) is 36.4 Å². The van der Waals surface area contributed by atoms with Crippen molar-refractivity contribution >= 4 is 44.1 Å². The Hall–Kier alpha value is -9.68. The first-order chi connectivity index (χ1) is 57.4. The second kappa shape index (κ2) is 45.7. The third-order valence-corrected chi connectivity index (χ3v) is 23.7. The van der Waals surface area contributed by atoms with E-state index in [1.54, 1.807) is 0 Å². The van der Waals surface area contributed by atoms with Crippen LogP contribution in [0.3, 0.4) is 0 Å². The summed E-state index contributed by atoms with van der Waals surface area (Å²) in [5, 5.41) is 2.88. The summed E-state index contributed by atoms with van der Waals surface area (Å²) in [5.74, 6) is 5.63. The molecule has 8 bridgehead atoms. The molecule has 0 atom stereocenters. The largest absolute Gasteiger partial charge is 0.452 e. The second-order valence-electron chi connectivity index (χ2n) is 33.0. The van der Waals surface area contributed by atoms with Gasteiger partial charge in [-0.25, -0.2) is 29.9 Å². The third kappa shape index (κ3) is 24.0. The van der Waals surface area contributed by atoms with Crippen molar-refractivity contribution in [3.63, 3.8) is 0 Å². The summed E-state index contributed by atoms with van der Waals surface area (Å²) in [6.45, 7) is 9.17. The summed E-state index contributed by atoms with van der Waals surface area (Å²) in [4.78, 5) is 40.4. The van der Waals surface area contributed by atoms with E-state index in [0.717, 1.165) is 84.4 Å². The van der Waals surface area contributed by atoms with Gasteiger partial charge in [0.15, 0.2) is 34.8 Å². The van der Waals surface area contributed by atoms with Crippen molar-refractivity contribution in [3.8, 4) is 91.5 Å². The average Bonchev–Trinajstić information content (AvgIpc) is 1.53. The number of rotatable bonds is 52. The lowest BCUT2D eigenvalue weighted by molar-refractivity contribution is 0.371. The van der Waals surface area contributed by atoms with E-state index < -0.39 is 0 Å². The van der Waals surface area contributed by atoms with Crippen LogP contribution in [0.4, 0.5) is 0 Å². The molecule has 12 nitrogen and oxygen atoms in total. The van der Waals surface area contributed by atoms with Gasteiger partial charge in [0.05, 0.1) is 10.8 Å². The van der Waals surface area contributed by atoms with Crippen LogP contribution in [-0.4, -0.2) is 39.9 Å². The number of hydrogen-bond acceptors (Lipinski definition) is 10. The summed E-state index contributed by atoms with van der Waals surface area (Å²) in [6, 6.07) is 59.0. The van der Waals surface area contributed by atoms with Gasteiger partial charge in [-0.05, 0) is 122 Å². The van der Waals surface area contributed by atoms with E-state index >= 15 is 0 Å². The predicted molar refractivity (Wildman–Crippen MR) is 484 cm³/mol. The molecule has 0 fully saturated rings. The van der Waals surface area contributed by atoms with Crippen LogP contribution < -0.4 is 18.9 Å². The van der Waals surface area contributed by atoms with E-state index in [1.165, 1.54) is 253 Å². The Balaban J connectivity index is 0.970. The first-order valence-corrected chi connectivity index (χ1v) is 45.8. The number of nitrogens with zero attached hydrogens (tertiary/aromatic N) is 6. The van der Waals surface area contributed by atoms with Gasteiger partial charge in [-0.2, -0.15) is 0 Å². The van der Waals surface area contributed by atoms with E-state index in [0.29, 0.717) is 103 Å². The fourth-order valence-corrected chi connectivity index (χ4v) is 16.8. The Bertz CT molecular complexity index is 4680. The average molecular weight is 1560 g/mol. The van der Waals surface area contributed by atoms with E-state index in [4.69, 9.17) is 48.9 Å². The molecule has 0 unspecified atom stereocenters. The Morgan fingerprint density at radius 1 is 0.207 bits per heavy atom. The number of aromatic nitrogens is 8. The molecule has 0 radical (unpaired) electrons. The van der Waals surface area contributed by atoms with Crippen molar-refractivity contribution in [1.29, 1.82) is 0 Å². The number of aromatic amines is 2. The van der Waals surface area contributed by atoms with Gasteiger partial charge in [-0.1, -0.05) is 380 Å². The van der Waals surface area contributed by atoms with E-state index in [-0.39, 0.29) is 0 Å². The third-order valence-electron chi connectivity index (χ3n) is 23.7. The Kier molecular flexibility index (Phi) is 33.2. The normalized spacial score (nSPS) is 11.8. The maximum atomic E-state index is 7.68. The highest BCUT2D eigenvalue weighted by molar-refractivity contribution is 6.15. The van der Waals surface area contributed by atoms with Crippen molar-refractivity contribution < 1.29 is 18.9 Å². The summed E-state index contributed by atoms with van der Waals surface area (Å²) < 4.78 is 30.6. The number of benzene rings is 8. The van der Waals surface area contributed by atoms with Gasteiger partial charge in [-0.15, -0.1) is 0 Å². The topological polar surface area (TPSA) is 146 Å². The molecule has 13 rings (SSSR count). The number of ether oxygens (including phenoxy) is 4. The molecule has 8 aromatic carbocycles. The molecule has 0 aliphatic carbocycles. The van der Waals surface area contributed by atoms with E-state index in [2.05, 4.69) is 171 Å². The summed E-state index contributed by atoms with van der Waals surface area (Å²) in [6.07, 6.45) is 55.6. The maximum Gasteiger partial charge on any atom is 0.217 e. The number of nitrogens with one attached hydrogen (secondary N) is 2. The fourth-order valence-electron chi connectivity index (χ4n) is 16.8. The van der Waals surface area contributed by atoms with Crippen LogP contribution in [0.25, 0.3) is 89.7 Å². The van der Waals surface area contributed by atoms with Crippen LogP contribution in [0, 0.1) is 0 Å². The molecule has 2 N–H and O–H groups in total. The molecular formula is C104H130N8O4. The number of fused-ring (bicyclic) bond motifs is 20. The van der Waals surface area contributed by atoms with Gasteiger partial charge >= 0.3 is 0 Å². The lowest BCUT2D eigenvalue weighted by Gasteiger charge is -2.22. The number of aryl methyl sites for hydroxylation is 4. The Labute approximate surface area is 692 Å². The van der Waals surface area contributed by atoms with Crippen LogP contribution in [0.5, 0.6) is 46.0 Å². The van der Waals surface area contributed by atoms with Gasteiger partial charge in [0, 0.05) is 33.0 Å². The minimum atomic E-state index is 0.299. The number of H-pyrrole nitrogens is 2. The highest BCUT2D eigenvalue weighted by atomic mass is 16.6. The second-order valence-corrected chi connectivity index (χ2v) is 33.0. The van der Waals surface area contributed by atoms with Crippen molar-refractivity contribution in [2.45, 2.75) is 310 Å². The zero-order valence-corrected chi connectivity index (χ0v) is 70.6. The van der Waals surface area contributed by atoms with Gasteiger partial charge in [0.1, 0.15) is 45.6 Å². The van der Waals surface area contributed by atoms with Crippen molar-refractivity contribution in [1.82, 2.24) is 39.9 Å². The molecule has 0 spiro atoms. The van der Waals surface area contributed by atoms with Gasteiger partial charge in [0.2, 0.25) is 11.5 Å². The van der Waals surface area contributed by atoms with Crippen LogP contribution >= 0.6 is 0 Å². The van der Waals surface area contributed by atoms with Crippen LogP contribution in [0.2, 0.25) is 0 Å². The van der Waals surface area contributed by atoms with E-state index in [9.17, 15) is 0 Å². The molecule has 116 heavy (non-hydrogen) atoms. The first-order valence-electron chi connectivity index (χ1n) is 45.8. The standard InChI is InChI=1S/C104H130N8O4/c1-5-9-13-17-21-25-29-33-37-41-51-77-61-69-81(70-62-77)113-93-91-92(104-111-102-90-60-50-48-58-88(90)100(109-102)107-98-86-56-46-45-55-85(86)97(105-98)106-99-87-57-47-49-59-89(87)101(108-99)110-103(91)112-104)94(114-82-71-63-78(64-72-82)52-42-38-34-30-26-22-18-14-10-6-2)96(116-84-75-67-80(68-76-84)54-44-40-36-32-28-24-20-16-12-8-4)95(93)115-83-73-65-79(66-74-83)53-43-39-35-31-27-23-19-15-11-7-3/h45-50,55-76H,5-44,51-54H2,1-4H3,(H2,105,106,107,108,109,110,111,112). The molecule has 11 aromatic rings. The molecule has 0 saturated heterocycles. The van der Waals surface area contributed by atoms with Crippen molar-refractivity contribution in [3.05, 3.63) is 192 Å². The molecule has 610 valence electrons. The lowest BCUT2D eigenvalue weighted by Crippen LogP contribution is -2.00. The maximum absolute atomic E-state index is 7.68. The monoisotopic (exact) mass is 1560 g/mol. The molecule has 12 heteroatoms. The fraction of sp³-hybridized carbons (Fsp3) is 0.462. The Morgan fingerprint density at radius 2 is 0.414 bits per heavy atom. The molecule has 0 saturated carbocycles. The predicted octanol–water partition coefficient (Wildman–Crippen LogP) is 31.9. The van der Waals surface area contributed by atoms with Crippen LogP contribution in [-0.2, 0) is 25.7 Å². The quantitative estimate of drug-likeness (QED) is 0.0353. The molecule has 2 aliphatic rings. The smallest absolute Gasteiger partial charge is 0.217 e. The number of hydrogen-bond donors (Lipinski definition) is 2. The first kappa shape index (κ1) is 84.2. The molecule has 5 heterocycles. The molecule has 2 aliphatic heterocycles. The minimum absolute atomic E-state index is 0.299. The number of unbranched alkanes of at least 4 members (excludes halogenated alkanes) is 36. The summed E-state index contributed by atoms with van der Waals surface area (Å²) >= 11 is 0. The Morgan fingerprint density at radius 3 is 0.664 bits per heavy atom. The zero-order valence-electron chi connectivity index (χ0n) is 70.6. The SMILES string of the molecule is CCCCCCCCCCCCc1ccc(Oc2c(Oc3ccc(CCCCCCCCCCCC)cc3)c(Oc3ccc(CCCCCCCCCCCC)cc3)c3c4nc5nc(nc6[nH]c(nc7nc(nc([nH]4)c3c2Oc2ccc(CCCCCCCCCCCC)cc2)-c2ccccc2-7)c2ccccc62)-c2ccccc2-5)cc1. The highest BCUT2D eigenvalue weighted by Crippen LogP contribution is 2.58. The molecular weight excluding hydrogens is 1430 g/mol. The molecule has 3 aromatic heterocycles. The zero-order chi connectivity index (χ0) is 79.6. The lowest BCUT2D eigenvalue weighted by atomic mass is 10.0.